The molecule has 1 nitrogen and oxygen atoms in total. The van der Waals surface area contributed by atoms with Crippen LogP contribution in [0.4, 0.5) is 0 Å². The van der Waals surface area contributed by atoms with E-state index in [2.05, 4.69) is 24.3 Å². The maximum atomic E-state index is 5.88. The number of ether oxygens (including phenoxy) is 1. The molecule has 0 spiro atoms. The third-order valence-corrected chi connectivity index (χ3v) is 2.96. The molecule has 3 rings (SSSR count). The molecule has 0 aromatic rings. The first-order chi connectivity index (χ1) is 5.95. The summed E-state index contributed by atoms with van der Waals surface area (Å²) in [5, 5.41) is 0. The quantitative estimate of drug-likeness (QED) is 0.528. The Labute approximate surface area is 72.4 Å². The minimum absolute atomic E-state index is 0.287. The summed E-state index contributed by atoms with van der Waals surface area (Å²) in [4.78, 5) is 0. The molecule has 2 unspecified atom stereocenters. The van der Waals surface area contributed by atoms with Gasteiger partial charge in [-0.3, -0.25) is 0 Å². The van der Waals surface area contributed by atoms with Gasteiger partial charge in [-0.2, -0.15) is 0 Å². The Morgan fingerprint density at radius 1 is 1.33 bits per heavy atom. The largest absolute Gasteiger partial charge is 0.362 e. The van der Waals surface area contributed by atoms with Gasteiger partial charge in [-0.05, 0) is 30.4 Å². The first kappa shape index (κ1) is 6.67. The fourth-order valence-corrected chi connectivity index (χ4v) is 2.40. The van der Waals surface area contributed by atoms with Crippen LogP contribution in [0.25, 0.3) is 0 Å². The van der Waals surface area contributed by atoms with E-state index >= 15 is 0 Å². The van der Waals surface area contributed by atoms with Crippen molar-refractivity contribution in [3.05, 3.63) is 35.5 Å². The summed E-state index contributed by atoms with van der Waals surface area (Å²) >= 11 is 0. The molecule has 1 aliphatic heterocycles. The van der Waals surface area contributed by atoms with Crippen molar-refractivity contribution < 1.29 is 4.74 Å². The van der Waals surface area contributed by atoms with E-state index in [1.54, 1.807) is 5.57 Å². The van der Waals surface area contributed by atoms with Gasteiger partial charge in [0.2, 0.25) is 0 Å². The van der Waals surface area contributed by atoms with Crippen LogP contribution in [0.2, 0.25) is 0 Å². The first-order valence-electron chi connectivity index (χ1n) is 4.68. The van der Waals surface area contributed by atoms with Crippen molar-refractivity contribution in [3.63, 3.8) is 0 Å². The molecular weight excluding hydrogens is 148 g/mol. The summed E-state index contributed by atoms with van der Waals surface area (Å²) in [7, 11) is 0. The SMILES string of the molecule is C1=CC2=C3CCCC3OC2C=C1. The molecule has 3 aliphatic rings. The van der Waals surface area contributed by atoms with Crippen LogP contribution in [0, 0.1) is 0 Å². The van der Waals surface area contributed by atoms with Crippen molar-refractivity contribution in [2.75, 3.05) is 0 Å². The minimum atomic E-state index is 0.287. The van der Waals surface area contributed by atoms with Gasteiger partial charge >= 0.3 is 0 Å². The molecule has 1 heterocycles. The minimum Gasteiger partial charge on any atom is -0.362 e. The molecule has 12 heavy (non-hydrogen) atoms. The van der Waals surface area contributed by atoms with Crippen molar-refractivity contribution in [2.45, 2.75) is 31.5 Å². The molecule has 0 saturated heterocycles. The third-order valence-electron chi connectivity index (χ3n) is 2.96. The fourth-order valence-electron chi connectivity index (χ4n) is 2.40. The van der Waals surface area contributed by atoms with Crippen LogP contribution in [0.1, 0.15) is 19.3 Å². The van der Waals surface area contributed by atoms with E-state index in [1.807, 2.05) is 0 Å². The normalized spacial score (nSPS) is 37.3. The Morgan fingerprint density at radius 3 is 3.33 bits per heavy atom. The van der Waals surface area contributed by atoms with Gasteiger partial charge in [-0.15, -0.1) is 0 Å². The zero-order valence-corrected chi connectivity index (χ0v) is 6.99. The van der Waals surface area contributed by atoms with Crippen molar-refractivity contribution in [1.82, 2.24) is 0 Å². The number of fused-ring (bicyclic) bond motifs is 2. The second-order valence-corrected chi connectivity index (χ2v) is 3.66. The molecule has 1 heteroatoms. The van der Waals surface area contributed by atoms with Gasteiger partial charge in [-0.1, -0.05) is 24.3 Å². The lowest BCUT2D eigenvalue weighted by Crippen LogP contribution is -2.11. The van der Waals surface area contributed by atoms with Crippen LogP contribution in [0.15, 0.2) is 35.5 Å². The maximum absolute atomic E-state index is 5.88. The Morgan fingerprint density at radius 2 is 2.33 bits per heavy atom. The van der Waals surface area contributed by atoms with Crippen molar-refractivity contribution in [2.24, 2.45) is 0 Å². The van der Waals surface area contributed by atoms with E-state index in [0.717, 1.165) is 0 Å². The summed E-state index contributed by atoms with van der Waals surface area (Å²) in [5.74, 6) is 0. The Hall–Kier alpha value is -0.820. The lowest BCUT2D eigenvalue weighted by Gasteiger charge is -2.11. The Kier molecular flexibility index (Phi) is 1.30. The molecule has 2 atom stereocenters. The van der Waals surface area contributed by atoms with Crippen molar-refractivity contribution >= 4 is 0 Å². The van der Waals surface area contributed by atoms with Crippen LogP contribution in [0.3, 0.4) is 0 Å². The monoisotopic (exact) mass is 160 g/mol. The van der Waals surface area contributed by atoms with Crippen LogP contribution < -0.4 is 0 Å². The smallest absolute Gasteiger partial charge is 0.102 e. The predicted octanol–water partition coefficient (Wildman–Crippen LogP) is 2.36. The van der Waals surface area contributed by atoms with Crippen molar-refractivity contribution in [3.8, 4) is 0 Å². The van der Waals surface area contributed by atoms with E-state index < -0.39 is 0 Å². The van der Waals surface area contributed by atoms with Gasteiger partial charge in [-0.25, -0.2) is 0 Å². The second kappa shape index (κ2) is 2.33. The zero-order chi connectivity index (χ0) is 7.97. The molecule has 0 radical (unpaired) electrons. The highest BCUT2D eigenvalue weighted by Crippen LogP contribution is 2.40. The number of allylic oxidation sites excluding steroid dienone is 2. The average molecular weight is 160 g/mol. The molecule has 1 saturated carbocycles. The van der Waals surface area contributed by atoms with E-state index in [9.17, 15) is 0 Å². The zero-order valence-electron chi connectivity index (χ0n) is 6.99. The molecule has 0 aromatic carbocycles. The highest BCUT2D eigenvalue weighted by atomic mass is 16.5. The summed E-state index contributed by atoms with van der Waals surface area (Å²) in [6, 6.07) is 0. The molecule has 2 aliphatic carbocycles. The summed E-state index contributed by atoms with van der Waals surface area (Å²) in [6.07, 6.45) is 13.1. The highest BCUT2D eigenvalue weighted by molar-refractivity contribution is 5.44. The lowest BCUT2D eigenvalue weighted by atomic mass is 10.00. The summed E-state index contributed by atoms with van der Waals surface area (Å²) in [6.45, 7) is 0. The van der Waals surface area contributed by atoms with E-state index in [4.69, 9.17) is 4.74 Å². The van der Waals surface area contributed by atoms with Gasteiger partial charge in [0.05, 0.1) is 6.10 Å². The predicted molar refractivity (Wildman–Crippen MR) is 47.8 cm³/mol. The van der Waals surface area contributed by atoms with Gasteiger partial charge in [0, 0.05) is 0 Å². The molecule has 0 amide bonds. The van der Waals surface area contributed by atoms with Gasteiger partial charge in [0.15, 0.2) is 0 Å². The van der Waals surface area contributed by atoms with Crippen LogP contribution in [-0.2, 0) is 4.74 Å². The molecule has 0 aromatic heterocycles. The first-order valence-corrected chi connectivity index (χ1v) is 4.68. The molecular formula is C11H12O. The molecule has 0 N–H and O–H groups in total. The van der Waals surface area contributed by atoms with Crippen LogP contribution >= 0.6 is 0 Å². The maximum Gasteiger partial charge on any atom is 0.102 e. The third kappa shape index (κ3) is 0.774. The number of hydrogen-bond acceptors (Lipinski definition) is 1. The number of rotatable bonds is 0. The van der Waals surface area contributed by atoms with Gasteiger partial charge < -0.3 is 4.74 Å². The standard InChI is InChI=1S/C11H12O/c1-2-6-10-8(4-1)9-5-3-7-11(9)12-10/h1-2,4,6,10-11H,3,5,7H2. The van der Waals surface area contributed by atoms with Gasteiger partial charge in [0.25, 0.3) is 0 Å². The highest BCUT2D eigenvalue weighted by Gasteiger charge is 2.35. The van der Waals surface area contributed by atoms with E-state index in [-0.39, 0.29) is 6.10 Å². The molecule has 62 valence electrons. The van der Waals surface area contributed by atoms with E-state index in [1.165, 1.54) is 24.8 Å². The lowest BCUT2D eigenvalue weighted by molar-refractivity contribution is 0.0818. The fraction of sp³-hybridized carbons (Fsp3) is 0.455. The Bertz CT molecular complexity index is 296. The van der Waals surface area contributed by atoms with Gasteiger partial charge in [0.1, 0.15) is 6.10 Å². The second-order valence-electron chi connectivity index (χ2n) is 3.66. The van der Waals surface area contributed by atoms with Crippen LogP contribution in [0.5, 0.6) is 0 Å². The van der Waals surface area contributed by atoms with E-state index in [0.29, 0.717) is 6.10 Å². The summed E-state index contributed by atoms with van der Waals surface area (Å²) < 4.78 is 5.88. The molecule has 0 bridgehead atoms. The molecule has 1 fully saturated rings. The summed E-state index contributed by atoms with van der Waals surface area (Å²) in [5.41, 5.74) is 3.01. The topological polar surface area (TPSA) is 9.23 Å². The van der Waals surface area contributed by atoms with Crippen LogP contribution in [-0.4, -0.2) is 12.2 Å². The average Bonchev–Trinajstić information content (AvgIpc) is 2.62. The Balaban J connectivity index is 2.06. The van der Waals surface area contributed by atoms with Crippen molar-refractivity contribution in [1.29, 1.82) is 0 Å². The number of hydrogen-bond donors (Lipinski definition) is 0.